The monoisotopic (exact) mass is 239 g/mol. The predicted octanol–water partition coefficient (Wildman–Crippen LogP) is 0.636. The molecule has 6 nitrogen and oxygen atoms in total. The van der Waals surface area contributed by atoms with Crippen molar-refractivity contribution in [3.8, 4) is 0 Å². The highest BCUT2D eigenvalue weighted by atomic mass is 16.5. The maximum absolute atomic E-state index is 11.4. The van der Waals surface area contributed by atoms with Crippen LogP contribution in [0.5, 0.6) is 0 Å². The van der Waals surface area contributed by atoms with Gasteiger partial charge in [0, 0.05) is 13.1 Å². The van der Waals surface area contributed by atoms with Crippen LogP contribution in [-0.4, -0.2) is 37.2 Å². The van der Waals surface area contributed by atoms with Crippen LogP contribution in [0, 0.1) is 5.92 Å². The lowest BCUT2D eigenvalue weighted by molar-refractivity contribution is 0.0519. The molecular formula is C11H17N3O3. The van der Waals surface area contributed by atoms with E-state index in [2.05, 4.69) is 4.98 Å². The van der Waals surface area contributed by atoms with E-state index < -0.39 is 5.97 Å². The topological polar surface area (TPSA) is 81.6 Å². The highest BCUT2D eigenvalue weighted by molar-refractivity contribution is 5.87. The number of esters is 1. The van der Waals surface area contributed by atoms with Crippen molar-refractivity contribution in [2.45, 2.75) is 13.3 Å². The molecule has 17 heavy (non-hydrogen) atoms. The van der Waals surface area contributed by atoms with Crippen molar-refractivity contribution < 1.29 is 13.9 Å². The third kappa shape index (κ3) is 2.58. The van der Waals surface area contributed by atoms with Gasteiger partial charge in [0.15, 0.2) is 5.69 Å². The smallest absolute Gasteiger partial charge is 0.360 e. The quantitative estimate of drug-likeness (QED) is 0.776. The molecule has 1 fully saturated rings. The highest BCUT2D eigenvalue weighted by Crippen LogP contribution is 2.22. The van der Waals surface area contributed by atoms with Crippen LogP contribution in [0.25, 0.3) is 0 Å². The minimum absolute atomic E-state index is 0.220. The summed E-state index contributed by atoms with van der Waals surface area (Å²) in [5.41, 5.74) is 5.84. The fraction of sp³-hybridized carbons (Fsp3) is 0.636. The van der Waals surface area contributed by atoms with Crippen molar-refractivity contribution in [3.63, 3.8) is 0 Å². The van der Waals surface area contributed by atoms with Crippen LogP contribution in [0.1, 0.15) is 23.8 Å². The van der Waals surface area contributed by atoms with Crippen LogP contribution in [-0.2, 0) is 4.74 Å². The number of nitrogens with zero attached hydrogens (tertiary/aromatic N) is 2. The molecule has 1 aromatic rings. The molecule has 1 atom stereocenters. The lowest BCUT2D eigenvalue weighted by atomic mass is 10.1. The Morgan fingerprint density at radius 2 is 2.59 bits per heavy atom. The zero-order chi connectivity index (χ0) is 12.3. The molecule has 2 heterocycles. The molecule has 0 aliphatic carbocycles. The Balaban J connectivity index is 2.01. The summed E-state index contributed by atoms with van der Waals surface area (Å²) in [6.45, 7) is 4.46. The van der Waals surface area contributed by atoms with Gasteiger partial charge < -0.3 is 19.8 Å². The summed E-state index contributed by atoms with van der Waals surface area (Å²) >= 11 is 0. The highest BCUT2D eigenvalue weighted by Gasteiger charge is 2.25. The molecule has 0 saturated carbocycles. The van der Waals surface area contributed by atoms with Crippen LogP contribution >= 0.6 is 0 Å². The maximum atomic E-state index is 11.4. The average molecular weight is 239 g/mol. The minimum Gasteiger partial charge on any atom is -0.461 e. The second-order valence-electron chi connectivity index (χ2n) is 4.07. The van der Waals surface area contributed by atoms with E-state index in [4.69, 9.17) is 14.9 Å². The number of aromatic nitrogens is 1. The molecule has 0 radical (unpaired) electrons. The van der Waals surface area contributed by atoms with Crippen molar-refractivity contribution in [2.24, 2.45) is 11.7 Å². The number of hydrogen-bond donors (Lipinski definition) is 1. The van der Waals surface area contributed by atoms with Crippen molar-refractivity contribution in [3.05, 3.63) is 12.0 Å². The minimum atomic E-state index is -0.447. The van der Waals surface area contributed by atoms with Gasteiger partial charge in [0.25, 0.3) is 6.01 Å². The fourth-order valence-corrected chi connectivity index (χ4v) is 1.91. The Labute approximate surface area is 99.7 Å². The number of hydrogen-bond acceptors (Lipinski definition) is 6. The average Bonchev–Trinajstić information content (AvgIpc) is 2.98. The molecule has 0 spiro atoms. The van der Waals surface area contributed by atoms with Gasteiger partial charge in [0.05, 0.1) is 6.61 Å². The van der Waals surface area contributed by atoms with Gasteiger partial charge >= 0.3 is 5.97 Å². The van der Waals surface area contributed by atoms with Gasteiger partial charge in [-0.1, -0.05) is 0 Å². The number of rotatable bonds is 4. The van der Waals surface area contributed by atoms with Gasteiger partial charge in [-0.2, -0.15) is 4.98 Å². The third-order valence-electron chi connectivity index (χ3n) is 2.87. The number of ether oxygens (including phenoxy) is 1. The van der Waals surface area contributed by atoms with Crippen molar-refractivity contribution >= 4 is 12.0 Å². The Morgan fingerprint density at radius 1 is 1.76 bits per heavy atom. The number of carbonyl (C=O) groups is 1. The second kappa shape index (κ2) is 5.18. The summed E-state index contributed by atoms with van der Waals surface area (Å²) in [6, 6.07) is 0.476. The zero-order valence-electron chi connectivity index (χ0n) is 9.89. The first-order valence-electron chi connectivity index (χ1n) is 5.82. The first-order chi connectivity index (χ1) is 8.24. The number of oxazole rings is 1. The van der Waals surface area contributed by atoms with E-state index >= 15 is 0 Å². The van der Waals surface area contributed by atoms with Gasteiger partial charge in [0.2, 0.25) is 0 Å². The summed E-state index contributed by atoms with van der Waals surface area (Å²) in [6.07, 6.45) is 2.37. The van der Waals surface area contributed by atoms with Crippen LogP contribution in [0.4, 0.5) is 6.01 Å². The largest absolute Gasteiger partial charge is 0.461 e. The van der Waals surface area contributed by atoms with Crippen LogP contribution in [0.2, 0.25) is 0 Å². The molecular weight excluding hydrogens is 222 g/mol. The molecule has 94 valence electrons. The summed E-state index contributed by atoms with van der Waals surface area (Å²) in [4.78, 5) is 17.5. The maximum Gasteiger partial charge on any atom is 0.360 e. The first-order valence-corrected chi connectivity index (χ1v) is 5.82. The Hall–Kier alpha value is -1.56. The molecule has 1 unspecified atom stereocenters. The Bertz CT molecular complexity index is 391. The van der Waals surface area contributed by atoms with Gasteiger partial charge in [-0.3, -0.25) is 0 Å². The standard InChI is InChI=1S/C11H17N3O3/c1-2-16-10(15)9-7-17-11(13-9)14-4-3-8(5-12)6-14/h7-8H,2-6,12H2,1H3. The van der Waals surface area contributed by atoms with Gasteiger partial charge in [-0.25, -0.2) is 4.79 Å². The molecule has 6 heteroatoms. The lowest BCUT2D eigenvalue weighted by Gasteiger charge is -2.12. The van der Waals surface area contributed by atoms with E-state index in [-0.39, 0.29) is 5.69 Å². The molecule has 2 N–H and O–H groups in total. The summed E-state index contributed by atoms with van der Waals surface area (Å²) in [7, 11) is 0. The van der Waals surface area contributed by atoms with E-state index in [0.29, 0.717) is 25.1 Å². The number of nitrogens with two attached hydrogens (primary N) is 1. The summed E-state index contributed by atoms with van der Waals surface area (Å²) in [5.74, 6) is 0.0324. The molecule has 0 amide bonds. The van der Waals surface area contributed by atoms with Crippen molar-refractivity contribution in [1.82, 2.24) is 4.98 Å². The zero-order valence-corrected chi connectivity index (χ0v) is 9.89. The molecule has 2 rings (SSSR count). The molecule has 1 aliphatic heterocycles. The molecule has 1 aliphatic rings. The summed E-state index contributed by atoms with van der Waals surface area (Å²) < 4.78 is 10.1. The molecule has 1 aromatic heterocycles. The van der Waals surface area contributed by atoms with E-state index in [1.54, 1.807) is 6.92 Å². The molecule has 1 saturated heterocycles. The van der Waals surface area contributed by atoms with Crippen molar-refractivity contribution in [2.75, 3.05) is 31.1 Å². The van der Waals surface area contributed by atoms with Crippen LogP contribution in [0.15, 0.2) is 10.7 Å². The number of anilines is 1. The van der Waals surface area contributed by atoms with E-state index in [1.165, 1.54) is 6.26 Å². The van der Waals surface area contributed by atoms with Crippen LogP contribution < -0.4 is 10.6 Å². The molecule has 0 aromatic carbocycles. The fourth-order valence-electron chi connectivity index (χ4n) is 1.91. The van der Waals surface area contributed by atoms with Crippen LogP contribution in [0.3, 0.4) is 0 Å². The molecule has 0 bridgehead atoms. The Morgan fingerprint density at radius 3 is 3.24 bits per heavy atom. The van der Waals surface area contributed by atoms with Crippen molar-refractivity contribution in [1.29, 1.82) is 0 Å². The van der Waals surface area contributed by atoms with Gasteiger partial charge in [0.1, 0.15) is 6.26 Å². The number of carbonyl (C=O) groups excluding carboxylic acids is 1. The van der Waals surface area contributed by atoms with E-state index in [9.17, 15) is 4.79 Å². The summed E-state index contributed by atoms with van der Waals surface area (Å²) in [5, 5.41) is 0. The third-order valence-corrected chi connectivity index (χ3v) is 2.87. The first kappa shape index (κ1) is 11.9. The van der Waals surface area contributed by atoms with Gasteiger partial charge in [-0.15, -0.1) is 0 Å². The predicted molar refractivity (Wildman–Crippen MR) is 61.8 cm³/mol. The Kier molecular flexibility index (Phi) is 3.63. The van der Waals surface area contributed by atoms with E-state index in [0.717, 1.165) is 19.5 Å². The SMILES string of the molecule is CCOC(=O)c1coc(N2CCC(CN)C2)n1. The second-order valence-corrected chi connectivity index (χ2v) is 4.07. The lowest BCUT2D eigenvalue weighted by Crippen LogP contribution is -2.23. The van der Waals surface area contributed by atoms with Gasteiger partial charge in [-0.05, 0) is 25.8 Å². The normalized spacial score (nSPS) is 19.6. The van der Waals surface area contributed by atoms with E-state index in [1.807, 2.05) is 4.90 Å².